The number of anilines is 1. The van der Waals surface area contributed by atoms with Crippen LogP contribution < -0.4 is 10.1 Å². The van der Waals surface area contributed by atoms with Crippen molar-refractivity contribution in [3.05, 3.63) is 88.2 Å². The smallest absolute Gasteiger partial charge is 0.318 e. The van der Waals surface area contributed by atoms with E-state index in [1.807, 2.05) is 6.07 Å². The molecule has 0 bridgehead atoms. The number of esters is 1. The second-order valence-electron chi connectivity index (χ2n) is 6.01. The van der Waals surface area contributed by atoms with Crippen LogP contribution in [0.2, 0.25) is 10.0 Å². The van der Waals surface area contributed by atoms with Crippen LogP contribution in [0.5, 0.6) is 5.75 Å². The highest BCUT2D eigenvalue weighted by Crippen LogP contribution is 2.25. The number of halogens is 2. The van der Waals surface area contributed by atoms with Gasteiger partial charge in [-0.15, -0.1) is 0 Å². The number of ether oxygens (including phenoxy) is 1. The largest absolute Gasteiger partial charge is 0.426 e. The van der Waals surface area contributed by atoms with Gasteiger partial charge in [-0.3, -0.25) is 14.6 Å². The maximum Gasteiger partial charge on any atom is 0.318 e. The predicted octanol–water partition coefficient (Wildman–Crippen LogP) is 5.35. The maximum atomic E-state index is 12.4. The predicted molar refractivity (Wildman–Crippen MR) is 109 cm³/mol. The molecule has 1 aromatic heterocycles. The number of carbonyl (C=O) groups excluding carboxylic acids is 2. The Hall–Kier alpha value is -2.89. The van der Waals surface area contributed by atoms with E-state index in [4.69, 9.17) is 27.9 Å². The molecule has 2 aromatic carbocycles. The lowest BCUT2D eigenvalue weighted by Crippen LogP contribution is -2.16. The van der Waals surface area contributed by atoms with Gasteiger partial charge in [0, 0.05) is 18.1 Å². The van der Waals surface area contributed by atoms with Crippen LogP contribution in [0.3, 0.4) is 0 Å². The van der Waals surface area contributed by atoms with Gasteiger partial charge in [0.05, 0.1) is 21.5 Å². The normalized spacial score (nSPS) is 11.5. The Balaban J connectivity index is 1.67. The van der Waals surface area contributed by atoms with Gasteiger partial charge in [-0.05, 0) is 36.8 Å². The zero-order valence-electron chi connectivity index (χ0n) is 14.9. The molecule has 1 atom stereocenters. The van der Waals surface area contributed by atoms with Crippen LogP contribution in [0.25, 0.3) is 0 Å². The summed E-state index contributed by atoms with van der Waals surface area (Å²) in [5, 5.41) is 3.05. The summed E-state index contributed by atoms with van der Waals surface area (Å²) in [4.78, 5) is 28.5. The highest BCUT2D eigenvalue weighted by atomic mass is 35.5. The van der Waals surface area contributed by atoms with Gasteiger partial charge in [-0.1, -0.05) is 53.5 Å². The van der Waals surface area contributed by atoms with Crippen LogP contribution in [0, 0.1) is 0 Å². The molecule has 0 radical (unpaired) electrons. The molecule has 7 heteroatoms. The molecule has 1 unspecified atom stereocenters. The van der Waals surface area contributed by atoms with Crippen LogP contribution in [0.4, 0.5) is 5.69 Å². The third-order valence-corrected chi connectivity index (χ3v) is 4.64. The highest BCUT2D eigenvalue weighted by molar-refractivity contribution is 6.40. The van der Waals surface area contributed by atoms with Gasteiger partial charge >= 0.3 is 5.97 Å². The van der Waals surface area contributed by atoms with Crippen molar-refractivity contribution in [3.63, 3.8) is 0 Å². The number of carbonyl (C=O) groups is 2. The lowest BCUT2D eigenvalue weighted by molar-refractivity contribution is -0.135. The number of benzene rings is 2. The van der Waals surface area contributed by atoms with E-state index < -0.39 is 11.8 Å². The topological polar surface area (TPSA) is 68.3 Å². The number of amides is 1. The minimum Gasteiger partial charge on any atom is -0.426 e. The van der Waals surface area contributed by atoms with Gasteiger partial charge in [0.15, 0.2) is 0 Å². The number of nitrogens with one attached hydrogen (secondary N) is 1. The summed E-state index contributed by atoms with van der Waals surface area (Å²) in [7, 11) is 0. The molecule has 0 spiro atoms. The quantitative estimate of drug-likeness (QED) is 0.451. The fraction of sp³-hybridized carbons (Fsp3) is 0.0952. The summed E-state index contributed by atoms with van der Waals surface area (Å²) in [6.45, 7) is 1.76. The van der Waals surface area contributed by atoms with Gasteiger partial charge in [-0.2, -0.15) is 0 Å². The van der Waals surface area contributed by atoms with Crippen molar-refractivity contribution in [2.75, 3.05) is 5.32 Å². The van der Waals surface area contributed by atoms with E-state index in [9.17, 15) is 9.59 Å². The van der Waals surface area contributed by atoms with Crippen molar-refractivity contribution >= 4 is 40.8 Å². The Labute approximate surface area is 172 Å². The summed E-state index contributed by atoms with van der Waals surface area (Å²) >= 11 is 12.0. The van der Waals surface area contributed by atoms with Crippen molar-refractivity contribution in [1.82, 2.24) is 4.98 Å². The summed E-state index contributed by atoms with van der Waals surface area (Å²) < 4.78 is 5.37. The Morgan fingerprint density at radius 3 is 2.18 bits per heavy atom. The van der Waals surface area contributed by atoms with Gasteiger partial charge in [-0.25, -0.2) is 0 Å². The molecule has 0 fully saturated rings. The lowest BCUT2D eigenvalue weighted by atomic mass is 10.0. The van der Waals surface area contributed by atoms with E-state index in [-0.39, 0.29) is 21.6 Å². The Kier molecular flexibility index (Phi) is 6.29. The molecule has 0 saturated heterocycles. The van der Waals surface area contributed by atoms with Crippen molar-refractivity contribution in [2.24, 2.45) is 0 Å². The fourth-order valence-corrected chi connectivity index (χ4v) is 3.04. The zero-order valence-corrected chi connectivity index (χ0v) is 16.4. The van der Waals surface area contributed by atoms with Crippen LogP contribution in [0.15, 0.2) is 67.0 Å². The minimum atomic E-state index is -0.464. The molecule has 0 aliphatic carbocycles. The molecule has 0 aliphatic rings. The number of para-hydroxylation sites is 1. The second kappa shape index (κ2) is 8.87. The number of hydrogen-bond acceptors (Lipinski definition) is 4. The van der Waals surface area contributed by atoms with Gasteiger partial charge < -0.3 is 10.1 Å². The maximum absolute atomic E-state index is 12.4. The van der Waals surface area contributed by atoms with E-state index in [2.05, 4.69) is 10.3 Å². The molecule has 3 rings (SSSR count). The summed E-state index contributed by atoms with van der Waals surface area (Å²) in [5.74, 6) is -0.775. The Bertz CT molecular complexity index is 972. The van der Waals surface area contributed by atoms with Crippen LogP contribution in [0.1, 0.15) is 28.8 Å². The van der Waals surface area contributed by atoms with E-state index in [0.717, 1.165) is 5.56 Å². The summed E-state index contributed by atoms with van der Waals surface area (Å²) in [6, 6.07) is 15.8. The molecule has 28 heavy (non-hydrogen) atoms. The SMILES string of the molecule is CC(C(=O)Oc1ccccc1)c1ccc(NC(=O)c2c(Cl)cncc2Cl)cc1. The van der Waals surface area contributed by atoms with Crippen molar-refractivity contribution < 1.29 is 14.3 Å². The number of aromatic nitrogens is 1. The fourth-order valence-electron chi connectivity index (χ4n) is 2.51. The van der Waals surface area contributed by atoms with E-state index in [1.165, 1.54) is 12.4 Å². The molecular formula is C21H16Cl2N2O3. The molecule has 142 valence electrons. The van der Waals surface area contributed by atoms with Gasteiger partial charge in [0.1, 0.15) is 5.75 Å². The first kappa shape index (κ1) is 19.9. The minimum absolute atomic E-state index is 0.155. The summed E-state index contributed by atoms with van der Waals surface area (Å²) in [6.07, 6.45) is 2.71. The molecule has 0 aliphatic heterocycles. The van der Waals surface area contributed by atoms with Crippen molar-refractivity contribution in [3.8, 4) is 5.75 Å². The number of hydrogen-bond donors (Lipinski definition) is 1. The Morgan fingerprint density at radius 2 is 1.57 bits per heavy atom. The van der Waals surface area contributed by atoms with Gasteiger partial charge in [0.25, 0.3) is 5.91 Å². The molecule has 1 N–H and O–H groups in total. The molecule has 0 saturated carbocycles. The van der Waals surface area contributed by atoms with Gasteiger partial charge in [0.2, 0.25) is 0 Å². The number of rotatable bonds is 5. The Morgan fingerprint density at radius 1 is 0.964 bits per heavy atom. The molecule has 1 heterocycles. The average Bonchev–Trinajstić information content (AvgIpc) is 2.68. The molecule has 1 amide bonds. The van der Waals surface area contributed by atoms with Crippen molar-refractivity contribution in [2.45, 2.75) is 12.8 Å². The van der Waals surface area contributed by atoms with Crippen LogP contribution in [-0.4, -0.2) is 16.9 Å². The molecule has 3 aromatic rings. The number of pyridine rings is 1. The first-order valence-corrected chi connectivity index (χ1v) is 9.18. The zero-order chi connectivity index (χ0) is 20.1. The first-order valence-electron chi connectivity index (χ1n) is 8.42. The van der Waals surface area contributed by atoms with E-state index >= 15 is 0 Å². The van der Waals surface area contributed by atoms with E-state index in [0.29, 0.717) is 11.4 Å². The third kappa shape index (κ3) is 4.68. The summed E-state index contributed by atoms with van der Waals surface area (Å²) in [5.41, 5.74) is 1.46. The van der Waals surface area contributed by atoms with Crippen LogP contribution >= 0.6 is 23.2 Å². The second-order valence-corrected chi connectivity index (χ2v) is 6.82. The first-order chi connectivity index (χ1) is 13.5. The van der Waals surface area contributed by atoms with E-state index in [1.54, 1.807) is 55.5 Å². The number of nitrogens with zero attached hydrogens (tertiary/aromatic N) is 1. The molecular weight excluding hydrogens is 399 g/mol. The monoisotopic (exact) mass is 414 g/mol. The standard InChI is InChI=1S/C21H16Cl2N2O3/c1-13(21(27)28-16-5-3-2-4-6-16)14-7-9-15(10-8-14)25-20(26)19-17(22)11-24-12-18(19)23/h2-13H,1H3,(H,25,26). The lowest BCUT2D eigenvalue weighted by Gasteiger charge is -2.13. The molecule has 5 nitrogen and oxygen atoms in total. The van der Waals surface area contributed by atoms with Crippen LogP contribution in [-0.2, 0) is 4.79 Å². The highest BCUT2D eigenvalue weighted by Gasteiger charge is 2.19. The third-order valence-electron chi connectivity index (χ3n) is 4.06. The van der Waals surface area contributed by atoms with Crippen molar-refractivity contribution in [1.29, 1.82) is 0 Å². The average molecular weight is 415 g/mol.